The fourth-order valence-electron chi connectivity index (χ4n) is 1.38. The van der Waals surface area contributed by atoms with Crippen molar-refractivity contribution in [2.45, 2.75) is 11.8 Å². The van der Waals surface area contributed by atoms with Gasteiger partial charge in [0.1, 0.15) is 0 Å². The van der Waals surface area contributed by atoms with Crippen molar-refractivity contribution in [3.05, 3.63) is 69.5 Å². The zero-order valence-corrected chi connectivity index (χ0v) is 12.0. The highest BCUT2D eigenvalue weighted by molar-refractivity contribution is 9.10. The van der Waals surface area contributed by atoms with E-state index in [9.17, 15) is 0 Å². The molecule has 0 heterocycles. The highest BCUT2D eigenvalue weighted by atomic mass is 79.9. The topological polar surface area (TPSA) is 0 Å². The summed E-state index contributed by atoms with van der Waals surface area (Å²) < 4.78 is 1.11. The molecule has 0 bridgehead atoms. The minimum Gasteiger partial charge on any atom is -0.0981 e. The molecule has 0 N–H and O–H groups in total. The van der Waals surface area contributed by atoms with Crippen molar-refractivity contribution in [3.63, 3.8) is 0 Å². The molecule has 0 aliphatic heterocycles. The number of rotatable bonds is 3. The summed E-state index contributed by atoms with van der Waals surface area (Å²) in [7, 11) is 0. The largest absolute Gasteiger partial charge is 0.0981 e. The average molecular weight is 305 g/mol. The number of aryl methyl sites for hydroxylation is 1. The van der Waals surface area contributed by atoms with Gasteiger partial charge in [-0.05, 0) is 48.2 Å². The Morgan fingerprint density at radius 1 is 0.941 bits per heavy atom. The maximum atomic E-state index is 3.43. The molecule has 0 saturated heterocycles. The molecular weight excluding hydrogens is 292 g/mol. The zero-order valence-electron chi connectivity index (χ0n) is 9.56. The van der Waals surface area contributed by atoms with Gasteiger partial charge in [-0.15, -0.1) is 0 Å². The van der Waals surface area contributed by atoms with Crippen molar-refractivity contribution in [1.82, 2.24) is 0 Å². The lowest BCUT2D eigenvalue weighted by Crippen LogP contribution is -1.72. The van der Waals surface area contributed by atoms with E-state index >= 15 is 0 Å². The number of thioether (sulfide) groups is 1. The van der Waals surface area contributed by atoms with Crippen LogP contribution < -0.4 is 0 Å². The van der Waals surface area contributed by atoms with E-state index in [4.69, 9.17) is 0 Å². The van der Waals surface area contributed by atoms with Crippen LogP contribution in [0, 0.1) is 6.92 Å². The monoisotopic (exact) mass is 304 g/mol. The molecule has 0 amide bonds. The first-order valence-electron chi connectivity index (χ1n) is 5.39. The Labute approximate surface area is 115 Å². The fraction of sp³-hybridized carbons (Fsp3) is 0.0667. The van der Waals surface area contributed by atoms with Crippen molar-refractivity contribution in [2.24, 2.45) is 0 Å². The van der Waals surface area contributed by atoms with Gasteiger partial charge in [0.15, 0.2) is 0 Å². The van der Waals surface area contributed by atoms with Gasteiger partial charge < -0.3 is 0 Å². The van der Waals surface area contributed by atoms with Crippen LogP contribution in [0.25, 0.3) is 6.08 Å². The second kappa shape index (κ2) is 6.08. The van der Waals surface area contributed by atoms with Gasteiger partial charge >= 0.3 is 0 Å². The van der Waals surface area contributed by atoms with Crippen LogP contribution in [0.15, 0.2) is 63.3 Å². The van der Waals surface area contributed by atoms with Crippen molar-refractivity contribution in [1.29, 1.82) is 0 Å². The highest BCUT2D eigenvalue weighted by Crippen LogP contribution is 2.21. The van der Waals surface area contributed by atoms with E-state index in [0.717, 1.165) is 4.47 Å². The molecule has 0 atom stereocenters. The molecule has 0 fully saturated rings. The maximum Gasteiger partial charge on any atom is 0.0175 e. The van der Waals surface area contributed by atoms with Gasteiger partial charge in [-0.2, -0.15) is 0 Å². The first kappa shape index (κ1) is 12.5. The summed E-state index contributed by atoms with van der Waals surface area (Å²) in [6.07, 6.45) is 2.12. The SMILES string of the molecule is Cc1ccc(S/C=C/c2ccc(Br)cc2)cc1. The van der Waals surface area contributed by atoms with Gasteiger partial charge in [0.05, 0.1) is 0 Å². The minimum absolute atomic E-state index is 1.11. The zero-order chi connectivity index (χ0) is 12.1. The third-order valence-electron chi connectivity index (χ3n) is 2.36. The molecular formula is C15H13BrS. The van der Waals surface area contributed by atoms with E-state index in [1.54, 1.807) is 11.8 Å². The van der Waals surface area contributed by atoms with Gasteiger partial charge in [-0.25, -0.2) is 0 Å². The predicted molar refractivity (Wildman–Crippen MR) is 80.2 cm³/mol. The smallest absolute Gasteiger partial charge is 0.0175 e. The summed E-state index contributed by atoms with van der Waals surface area (Å²) >= 11 is 5.16. The lowest BCUT2D eigenvalue weighted by molar-refractivity contribution is 1.38. The minimum atomic E-state index is 1.11. The van der Waals surface area contributed by atoms with Crippen LogP contribution in [-0.2, 0) is 0 Å². The molecule has 2 aromatic carbocycles. The van der Waals surface area contributed by atoms with E-state index in [1.165, 1.54) is 16.0 Å². The summed E-state index contributed by atoms with van der Waals surface area (Å²) in [5.74, 6) is 0. The van der Waals surface area contributed by atoms with E-state index in [0.29, 0.717) is 0 Å². The number of hydrogen-bond acceptors (Lipinski definition) is 1. The quantitative estimate of drug-likeness (QED) is 0.673. The third-order valence-corrected chi connectivity index (χ3v) is 3.70. The molecule has 2 heteroatoms. The Bertz CT molecular complexity index is 497. The Morgan fingerprint density at radius 2 is 1.59 bits per heavy atom. The Balaban J connectivity index is 1.97. The second-order valence-corrected chi connectivity index (χ2v) is 5.68. The van der Waals surface area contributed by atoms with Crippen LogP contribution >= 0.6 is 27.7 Å². The lowest BCUT2D eigenvalue weighted by Gasteiger charge is -1.97. The van der Waals surface area contributed by atoms with Crippen LogP contribution in [0.3, 0.4) is 0 Å². The summed E-state index contributed by atoms with van der Waals surface area (Å²) in [6, 6.07) is 16.8. The third kappa shape index (κ3) is 4.06. The normalized spacial score (nSPS) is 10.9. The number of hydrogen-bond donors (Lipinski definition) is 0. The van der Waals surface area contributed by atoms with Crippen LogP contribution in [-0.4, -0.2) is 0 Å². The maximum absolute atomic E-state index is 3.43. The lowest BCUT2D eigenvalue weighted by atomic mass is 10.2. The Kier molecular flexibility index (Phi) is 4.46. The molecule has 0 aliphatic rings. The van der Waals surface area contributed by atoms with Gasteiger partial charge in [0, 0.05) is 9.37 Å². The predicted octanol–water partition coefficient (Wildman–Crippen LogP) is 5.52. The van der Waals surface area contributed by atoms with Crippen molar-refractivity contribution >= 4 is 33.8 Å². The van der Waals surface area contributed by atoms with E-state index in [1.807, 2.05) is 0 Å². The number of benzene rings is 2. The standard InChI is InChI=1S/C15H13BrS/c1-12-2-8-15(9-3-12)17-11-10-13-4-6-14(16)7-5-13/h2-11H,1H3/b11-10+. The Hall–Kier alpha value is -0.990. The molecule has 2 rings (SSSR count). The molecule has 86 valence electrons. The number of halogens is 1. The summed E-state index contributed by atoms with van der Waals surface area (Å²) in [5.41, 5.74) is 2.51. The molecule has 0 radical (unpaired) electrons. The van der Waals surface area contributed by atoms with Crippen molar-refractivity contribution in [2.75, 3.05) is 0 Å². The fourth-order valence-corrected chi connectivity index (χ4v) is 2.32. The molecule has 0 aliphatic carbocycles. The van der Waals surface area contributed by atoms with Gasteiger partial charge in [-0.1, -0.05) is 57.5 Å². The average Bonchev–Trinajstić information content (AvgIpc) is 2.34. The van der Waals surface area contributed by atoms with E-state index < -0.39 is 0 Å². The first-order chi connectivity index (χ1) is 8.24. The molecule has 2 aromatic rings. The molecule has 17 heavy (non-hydrogen) atoms. The highest BCUT2D eigenvalue weighted by Gasteiger charge is 1.90. The molecule has 0 spiro atoms. The van der Waals surface area contributed by atoms with Crippen LogP contribution in [0.2, 0.25) is 0 Å². The van der Waals surface area contributed by atoms with Crippen LogP contribution in [0.4, 0.5) is 0 Å². The van der Waals surface area contributed by atoms with Crippen LogP contribution in [0.1, 0.15) is 11.1 Å². The van der Waals surface area contributed by atoms with Gasteiger partial charge in [0.2, 0.25) is 0 Å². The molecule has 0 nitrogen and oxygen atoms in total. The van der Waals surface area contributed by atoms with E-state index in [2.05, 4.69) is 82.9 Å². The Morgan fingerprint density at radius 3 is 2.24 bits per heavy atom. The second-order valence-electron chi connectivity index (χ2n) is 3.79. The summed E-state index contributed by atoms with van der Waals surface area (Å²) in [5, 5.41) is 2.12. The summed E-state index contributed by atoms with van der Waals surface area (Å²) in [6.45, 7) is 2.10. The first-order valence-corrected chi connectivity index (χ1v) is 7.07. The van der Waals surface area contributed by atoms with Crippen molar-refractivity contribution < 1.29 is 0 Å². The summed E-state index contributed by atoms with van der Waals surface area (Å²) in [4.78, 5) is 1.27. The van der Waals surface area contributed by atoms with Crippen molar-refractivity contribution in [3.8, 4) is 0 Å². The van der Waals surface area contributed by atoms with Crippen LogP contribution in [0.5, 0.6) is 0 Å². The van der Waals surface area contributed by atoms with Gasteiger partial charge in [0.25, 0.3) is 0 Å². The molecule has 0 unspecified atom stereocenters. The van der Waals surface area contributed by atoms with E-state index in [-0.39, 0.29) is 0 Å². The van der Waals surface area contributed by atoms with Gasteiger partial charge in [-0.3, -0.25) is 0 Å². The molecule has 0 saturated carbocycles. The molecule has 0 aromatic heterocycles.